The lowest BCUT2D eigenvalue weighted by Crippen LogP contribution is -2.09. The second-order valence-corrected chi connectivity index (χ2v) is 15.5. The average Bonchev–Trinajstić information content (AvgIpc) is 3.60. The monoisotopic (exact) mass is 752 g/mol. The molecule has 0 aliphatic carbocycles. The molecule has 0 aliphatic rings. The summed E-state index contributed by atoms with van der Waals surface area (Å²) in [6.07, 6.45) is 1.26. The normalized spacial score (nSPS) is 11.9. The van der Waals surface area contributed by atoms with Crippen LogP contribution in [0.1, 0.15) is 45.6 Å². The maximum absolute atomic E-state index is 6.00. The highest BCUT2D eigenvalue weighted by atomic mass is 16.5. The number of fused-ring (bicyclic) bond motifs is 3. The molecule has 0 saturated heterocycles. The molecule has 0 N–H and O–H groups in total. The van der Waals surface area contributed by atoms with Crippen LogP contribution in [0.4, 0.5) is 17.1 Å². The third kappa shape index (κ3) is 7.28. The number of aromatic nitrogens is 1. The highest BCUT2D eigenvalue weighted by Gasteiger charge is 2.17. The minimum atomic E-state index is 0.122. The van der Waals surface area contributed by atoms with Crippen LogP contribution in [0.3, 0.4) is 0 Å². The van der Waals surface area contributed by atoms with Crippen molar-refractivity contribution in [2.75, 3.05) is 4.90 Å². The van der Waals surface area contributed by atoms with Crippen molar-refractivity contribution in [2.24, 2.45) is 0 Å². The summed E-state index contributed by atoms with van der Waals surface area (Å²) in [4.78, 5) is 2.32. The van der Waals surface area contributed by atoms with Crippen molar-refractivity contribution >= 4 is 38.9 Å². The van der Waals surface area contributed by atoms with Gasteiger partial charge in [0.15, 0.2) is 0 Å². The fourth-order valence-corrected chi connectivity index (χ4v) is 8.11. The van der Waals surface area contributed by atoms with Gasteiger partial charge < -0.3 is 14.2 Å². The van der Waals surface area contributed by atoms with E-state index in [9.17, 15) is 0 Å². The molecule has 0 bridgehead atoms. The predicted molar refractivity (Wildman–Crippen MR) is 246 cm³/mol. The quantitative estimate of drug-likeness (QED) is 0.131. The van der Waals surface area contributed by atoms with Gasteiger partial charge in [-0.25, -0.2) is 0 Å². The molecule has 1 unspecified atom stereocenters. The Morgan fingerprint density at radius 2 is 0.879 bits per heavy atom. The maximum Gasteiger partial charge on any atom is 0.119 e. The number of ether oxygens (including phenoxy) is 1. The Hall–Kier alpha value is -6.84. The molecule has 58 heavy (non-hydrogen) atoms. The van der Waals surface area contributed by atoms with E-state index in [1.54, 1.807) is 0 Å². The Balaban J connectivity index is 1.11. The van der Waals surface area contributed by atoms with E-state index in [2.05, 4.69) is 231 Å². The molecule has 3 heteroatoms. The molecular weight excluding hydrogens is 705 g/mol. The SMILES string of the molecule is CCC(C)c1ccc(-c2ccc3c(c2)c2cc(-c4ccc(N(c5ccccc5)c5ccc(-c6ccccc6)cc5)cc4)ccc2n3-c2ccc(OC(C)C)cc2)cc1. The number of para-hydroxylation sites is 1. The van der Waals surface area contributed by atoms with E-state index in [4.69, 9.17) is 4.74 Å². The smallest absolute Gasteiger partial charge is 0.119 e. The molecule has 0 spiro atoms. The van der Waals surface area contributed by atoms with E-state index in [0.717, 1.165) is 34.9 Å². The minimum Gasteiger partial charge on any atom is -0.491 e. The van der Waals surface area contributed by atoms with Gasteiger partial charge in [-0.2, -0.15) is 0 Å². The molecular formula is C55H48N2O. The van der Waals surface area contributed by atoms with Crippen LogP contribution in [0, 0.1) is 0 Å². The molecule has 0 aliphatic heterocycles. The first kappa shape index (κ1) is 36.8. The Bertz CT molecular complexity index is 2780. The van der Waals surface area contributed by atoms with Gasteiger partial charge in [-0.15, -0.1) is 0 Å². The summed E-state index contributed by atoms with van der Waals surface area (Å²) in [6.45, 7) is 8.67. The summed E-state index contributed by atoms with van der Waals surface area (Å²) in [6, 6.07) is 70.4. The zero-order valence-electron chi connectivity index (χ0n) is 33.6. The number of rotatable bonds is 11. The minimum absolute atomic E-state index is 0.122. The van der Waals surface area contributed by atoms with Crippen molar-refractivity contribution in [1.29, 1.82) is 0 Å². The van der Waals surface area contributed by atoms with Crippen molar-refractivity contribution < 1.29 is 4.74 Å². The van der Waals surface area contributed by atoms with Crippen molar-refractivity contribution in [3.05, 3.63) is 200 Å². The van der Waals surface area contributed by atoms with Gasteiger partial charge in [-0.3, -0.25) is 0 Å². The molecule has 0 fully saturated rings. The molecule has 9 rings (SSSR count). The Kier molecular flexibility index (Phi) is 10.1. The standard InChI is InChI=1S/C55H48N2O/c1-5-39(4)40-16-18-43(19-17-40)45-24-34-54-52(36-45)53-37-46(25-35-55(53)57(54)50-30-32-51(33-31-50)58-38(2)3)44-22-28-49(29-23-44)56(47-14-10-7-11-15-47)48-26-20-42(21-27-48)41-12-8-6-9-13-41/h6-39H,5H2,1-4H3. The summed E-state index contributed by atoms with van der Waals surface area (Å²) < 4.78 is 8.39. The van der Waals surface area contributed by atoms with Crippen LogP contribution in [0.25, 0.3) is 60.9 Å². The van der Waals surface area contributed by atoms with Gasteiger partial charge >= 0.3 is 0 Å². The van der Waals surface area contributed by atoms with Gasteiger partial charge in [-0.1, -0.05) is 123 Å². The topological polar surface area (TPSA) is 17.4 Å². The van der Waals surface area contributed by atoms with Gasteiger partial charge in [0, 0.05) is 33.5 Å². The molecule has 0 radical (unpaired) electrons. The van der Waals surface area contributed by atoms with Crippen molar-refractivity contribution in [1.82, 2.24) is 4.57 Å². The number of anilines is 3. The largest absolute Gasteiger partial charge is 0.491 e. The zero-order chi connectivity index (χ0) is 39.6. The molecule has 0 amide bonds. The number of nitrogens with zero attached hydrogens (tertiary/aromatic N) is 2. The molecule has 3 nitrogen and oxygen atoms in total. The van der Waals surface area contributed by atoms with Crippen molar-refractivity contribution in [2.45, 2.75) is 46.1 Å². The van der Waals surface area contributed by atoms with Crippen molar-refractivity contribution in [3.63, 3.8) is 0 Å². The Morgan fingerprint density at radius 1 is 0.448 bits per heavy atom. The van der Waals surface area contributed by atoms with Gasteiger partial charge in [0.2, 0.25) is 0 Å². The lowest BCUT2D eigenvalue weighted by atomic mass is 9.95. The molecule has 0 saturated carbocycles. The first-order chi connectivity index (χ1) is 28.4. The molecule has 1 atom stereocenters. The first-order valence-electron chi connectivity index (χ1n) is 20.5. The van der Waals surface area contributed by atoms with Crippen LogP contribution in [-0.4, -0.2) is 10.7 Å². The molecule has 9 aromatic rings. The summed E-state index contributed by atoms with van der Waals surface area (Å²) >= 11 is 0. The van der Waals surface area contributed by atoms with Crippen molar-refractivity contribution in [3.8, 4) is 44.8 Å². The average molecular weight is 753 g/mol. The maximum atomic E-state index is 6.00. The van der Waals surface area contributed by atoms with Crippen LogP contribution in [0.5, 0.6) is 5.75 Å². The van der Waals surface area contributed by atoms with Crippen LogP contribution >= 0.6 is 0 Å². The zero-order valence-corrected chi connectivity index (χ0v) is 33.6. The summed E-state index contributed by atoms with van der Waals surface area (Å²) in [5, 5.41) is 2.45. The lowest BCUT2D eigenvalue weighted by Gasteiger charge is -2.26. The fraction of sp³-hybridized carbons (Fsp3) is 0.127. The van der Waals surface area contributed by atoms with E-state index in [1.165, 1.54) is 60.8 Å². The van der Waals surface area contributed by atoms with E-state index < -0.39 is 0 Å². The van der Waals surface area contributed by atoms with Crippen LogP contribution in [0.2, 0.25) is 0 Å². The second-order valence-electron chi connectivity index (χ2n) is 15.5. The summed E-state index contributed by atoms with van der Waals surface area (Å²) in [7, 11) is 0. The van der Waals surface area contributed by atoms with Crippen LogP contribution in [-0.2, 0) is 0 Å². The Morgan fingerprint density at radius 3 is 1.38 bits per heavy atom. The number of hydrogen-bond acceptors (Lipinski definition) is 2. The summed E-state index contributed by atoms with van der Waals surface area (Å²) in [5.74, 6) is 1.43. The third-order valence-corrected chi connectivity index (χ3v) is 11.4. The van der Waals surface area contributed by atoms with Gasteiger partial charge in [0.05, 0.1) is 17.1 Å². The van der Waals surface area contributed by atoms with Gasteiger partial charge in [-0.05, 0) is 150 Å². The third-order valence-electron chi connectivity index (χ3n) is 11.4. The molecule has 8 aromatic carbocycles. The van der Waals surface area contributed by atoms with Crippen LogP contribution in [0.15, 0.2) is 194 Å². The lowest BCUT2D eigenvalue weighted by molar-refractivity contribution is 0.242. The van der Waals surface area contributed by atoms with E-state index in [0.29, 0.717) is 5.92 Å². The van der Waals surface area contributed by atoms with Crippen LogP contribution < -0.4 is 9.64 Å². The molecule has 284 valence electrons. The predicted octanol–water partition coefficient (Wildman–Crippen LogP) is 15.6. The second kappa shape index (κ2) is 16.0. The number of hydrogen-bond donors (Lipinski definition) is 0. The summed E-state index contributed by atoms with van der Waals surface area (Å²) in [5.41, 5.74) is 15.4. The number of benzene rings is 8. The molecule has 1 heterocycles. The van der Waals surface area contributed by atoms with Gasteiger partial charge in [0.1, 0.15) is 5.75 Å². The molecule has 1 aromatic heterocycles. The first-order valence-corrected chi connectivity index (χ1v) is 20.5. The Labute approximate surface area is 342 Å². The van der Waals surface area contributed by atoms with E-state index in [1.807, 2.05) is 0 Å². The highest BCUT2D eigenvalue weighted by Crippen LogP contribution is 2.40. The van der Waals surface area contributed by atoms with E-state index in [-0.39, 0.29) is 6.10 Å². The fourth-order valence-electron chi connectivity index (χ4n) is 8.11. The highest BCUT2D eigenvalue weighted by molar-refractivity contribution is 6.11. The van der Waals surface area contributed by atoms with E-state index >= 15 is 0 Å². The van der Waals surface area contributed by atoms with Gasteiger partial charge in [0.25, 0.3) is 0 Å².